The van der Waals surface area contributed by atoms with E-state index in [4.69, 9.17) is 9.72 Å². The molecule has 0 spiro atoms. The third kappa shape index (κ3) is 8.19. The largest absolute Gasteiger partial charge is 0.444 e. The van der Waals surface area contributed by atoms with Crippen molar-refractivity contribution < 1.29 is 9.53 Å². The molecular formula is C39H49N7O2. The highest BCUT2D eigenvalue weighted by Gasteiger charge is 2.23. The molecule has 3 N–H and O–H groups in total. The number of benzene rings is 2. The first kappa shape index (κ1) is 34.5. The van der Waals surface area contributed by atoms with Gasteiger partial charge in [0.05, 0.1) is 11.0 Å². The number of fused-ring (bicyclic) bond motifs is 3. The summed E-state index contributed by atoms with van der Waals surface area (Å²) < 4.78 is 5.28. The second-order valence-electron chi connectivity index (χ2n) is 12.8. The Morgan fingerprint density at radius 3 is 1.94 bits per heavy atom. The summed E-state index contributed by atoms with van der Waals surface area (Å²) in [5.74, 6) is 2.53. The van der Waals surface area contributed by atoms with Gasteiger partial charge in [-0.05, 0) is 92.6 Å². The summed E-state index contributed by atoms with van der Waals surface area (Å²) in [6, 6.07) is 17.3. The number of carbonyl (C=O) groups is 1. The molecule has 6 aromatic rings. The maximum absolute atomic E-state index is 11.8. The topological polar surface area (TPSA) is 121 Å². The summed E-state index contributed by atoms with van der Waals surface area (Å²) in [6.07, 6.45) is 9.65. The standard InChI is InChI=1S/C35H37N7O2.2C2H6/c1-35(2,3)44-34(43)36-14-5-4-9-30-39-28-17-26(19-37-32(28)41-30)24-12-10-23-16-25(13-11-22(23)15-24)27-18-29-33(38-20-27)42-31(40-29)21-7-6-8-21;2*1-2/h10-13,15-21H,4-9,14H2,1-3H3,(H,36,43)(H,37,39,41)(H,38,40,42);2*1-2H3. The van der Waals surface area contributed by atoms with E-state index in [1.165, 1.54) is 30.0 Å². The molecule has 252 valence electrons. The highest BCUT2D eigenvalue weighted by Crippen LogP contribution is 2.36. The van der Waals surface area contributed by atoms with Gasteiger partial charge in [0, 0.05) is 42.4 Å². The Hall–Kier alpha value is -4.79. The Bertz CT molecular complexity index is 1980. The monoisotopic (exact) mass is 647 g/mol. The van der Waals surface area contributed by atoms with Crippen molar-refractivity contribution in [3.63, 3.8) is 0 Å². The number of nitrogens with zero attached hydrogens (tertiary/aromatic N) is 4. The molecule has 48 heavy (non-hydrogen) atoms. The van der Waals surface area contributed by atoms with Crippen LogP contribution in [0.25, 0.3) is 55.4 Å². The van der Waals surface area contributed by atoms with Crippen LogP contribution in [0.1, 0.15) is 98.1 Å². The molecule has 9 heteroatoms. The van der Waals surface area contributed by atoms with Crippen LogP contribution in [0.5, 0.6) is 0 Å². The first-order chi connectivity index (χ1) is 23.3. The fourth-order valence-corrected chi connectivity index (χ4v) is 5.70. The molecule has 9 nitrogen and oxygen atoms in total. The number of rotatable bonds is 8. The summed E-state index contributed by atoms with van der Waals surface area (Å²) in [6.45, 7) is 14.1. The second-order valence-corrected chi connectivity index (χ2v) is 12.8. The molecule has 1 aliphatic carbocycles. The first-order valence-electron chi connectivity index (χ1n) is 17.5. The normalized spacial score (nSPS) is 13.0. The second kappa shape index (κ2) is 15.4. The maximum atomic E-state index is 11.8. The Labute approximate surface area is 283 Å². The molecule has 0 atom stereocenters. The molecule has 0 bridgehead atoms. The van der Waals surface area contributed by atoms with Gasteiger partial charge in [0.2, 0.25) is 0 Å². The van der Waals surface area contributed by atoms with Gasteiger partial charge in [0.15, 0.2) is 11.3 Å². The van der Waals surface area contributed by atoms with Crippen molar-refractivity contribution >= 4 is 39.2 Å². The van der Waals surface area contributed by atoms with Gasteiger partial charge in [-0.1, -0.05) is 58.4 Å². The lowest BCUT2D eigenvalue weighted by Crippen LogP contribution is -2.33. The summed E-state index contributed by atoms with van der Waals surface area (Å²) in [5, 5.41) is 5.14. The van der Waals surface area contributed by atoms with E-state index in [9.17, 15) is 4.79 Å². The van der Waals surface area contributed by atoms with Crippen LogP contribution in [-0.2, 0) is 11.2 Å². The van der Waals surface area contributed by atoms with Crippen molar-refractivity contribution in [2.45, 2.75) is 98.5 Å². The van der Waals surface area contributed by atoms with E-state index in [1.807, 2.05) is 60.9 Å². The Morgan fingerprint density at radius 1 is 0.792 bits per heavy atom. The molecule has 2 aromatic carbocycles. The average Bonchev–Trinajstić information content (AvgIpc) is 3.67. The van der Waals surface area contributed by atoms with E-state index in [1.54, 1.807) is 0 Å². The number of amides is 1. The molecule has 0 radical (unpaired) electrons. The van der Waals surface area contributed by atoms with Crippen LogP contribution in [0.15, 0.2) is 60.9 Å². The Morgan fingerprint density at radius 2 is 1.38 bits per heavy atom. The van der Waals surface area contributed by atoms with Crippen molar-refractivity contribution in [3.05, 3.63) is 72.6 Å². The molecule has 0 saturated heterocycles. The molecule has 1 aliphatic rings. The number of unbranched alkanes of at least 4 members (excludes halogenated alkanes) is 1. The smallest absolute Gasteiger partial charge is 0.407 e. The van der Waals surface area contributed by atoms with Crippen molar-refractivity contribution in [2.75, 3.05) is 6.54 Å². The zero-order chi connectivity index (χ0) is 34.3. The minimum atomic E-state index is -0.491. The SMILES string of the molecule is CC.CC.CC(C)(C)OC(=O)NCCCCc1nc2ncc(-c3ccc4cc(-c5cnc6nc(C7CCC7)[nH]c6c5)ccc4c3)cc2[nH]1. The van der Waals surface area contributed by atoms with Crippen molar-refractivity contribution in [1.82, 2.24) is 35.2 Å². The molecule has 4 aromatic heterocycles. The highest BCUT2D eigenvalue weighted by molar-refractivity contribution is 5.92. The van der Waals surface area contributed by atoms with Gasteiger partial charge < -0.3 is 20.0 Å². The highest BCUT2D eigenvalue weighted by atomic mass is 16.6. The van der Waals surface area contributed by atoms with Crippen LogP contribution in [0.4, 0.5) is 4.79 Å². The van der Waals surface area contributed by atoms with Crippen LogP contribution in [0, 0.1) is 0 Å². The third-order valence-corrected chi connectivity index (χ3v) is 8.25. The predicted octanol–water partition coefficient (Wildman–Crippen LogP) is 9.88. The number of aryl methyl sites for hydroxylation is 1. The van der Waals surface area contributed by atoms with Crippen molar-refractivity contribution in [1.29, 1.82) is 0 Å². The van der Waals surface area contributed by atoms with Crippen LogP contribution in [0.3, 0.4) is 0 Å². The molecule has 0 aliphatic heterocycles. The van der Waals surface area contributed by atoms with Crippen LogP contribution in [0.2, 0.25) is 0 Å². The van der Waals surface area contributed by atoms with Gasteiger partial charge in [-0.2, -0.15) is 0 Å². The van der Waals surface area contributed by atoms with Crippen molar-refractivity contribution in [3.8, 4) is 22.3 Å². The molecule has 1 saturated carbocycles. The maximum Gasteiger partial charge on any atom is 0.407 e. The number of hydrogen-bond donors (Lipinski definition) is 3. The van der Waals surface area contributed by atoms with E-state index < -0.39 is 5.60 Å². The number of hydrogen-bond acceptors (Lipinski definition) is 6. The van der Waals surface area contributed by atoms with E-state index in [0.29, 0.717) is 18.1 Å². The fraction of sp³-hybridized carbons (Fsp3) is 0.410. The summed E-state index contributed by atoms with van der Waals surface area (Å²) in [4.78, 5) is 37.4. The van der Waals surface area contributed by atoms with Crippen LogP contribution >= 0.6 is 0 Å². The summed E-state index contributed by atoms with van der Waals surface area (Å²) in [7, 11) is 0. The fourth-order valence-electron chi connectivity index (χ4n) is 5.70. The molecule has 0 unspecified atom stereocenters. The van der Waals surface area contributed by atoms with E-state index in [0.717, 1.165) is 69.8 Å². The average molecular weight is 648 g/mol. The zero-order valence-corrected chi connectivity index (χ0v) is 29.4. The summed E-state index contributed by atoms with van der Waals surface area (Å²) in [5.41, 5.74) is 7.29. The Kier molecular flexibility index (Phi) is 11.1. The van der Waals surface area contributed by atoms with Gasteiger partial charge in [-0.3, -0.25) is 0 Å². The number of carbonyl (C=O) groups excluding carboxylic acids is 1. The van der Waals surface area contributed by atoms with Crippen molar-refractivity contribution in [2.24, 2.45) is 0 Å². The first-order valence-corrected chi connectivity index (χ1v) is 17.5. The summed E-state index contributed by atoms with van der Waals surface area (Å²) >= 11 is 0. The number of ether oxygens (including phenoxy) is 1. The van der Waals surface area contributed by atoms with Crippen LogP contribution < -0.4 is 5.32 Å². The molecule has 1 amide bonds. The lowest BCUT2D eigenvalue weighted by Gasteiger charge is -2.22. The number of imidazole rings is 2. The Balaban J connectivity index is 0.00000109. The third-order valence-electron chi connectivity index (χ3n) is 8.25. The number of nitrogens with one attached hydrogen (secondary N) is 3. The number of aromatic nitrogens is 6. The van der Waals surface area contributed by atoms with Gasteiger partial charge >= 0.3 is 6.09 Å². The lowest BCUT2D eigenvalue weighted by atomic mass is 9.85. The molecule has 4 heterocycles. The number of alkyl carbamates (subject to hydrolysis) is 1. The molecular weight excluding hydrogens is 598 g/mol. The molecule has 7 rings (SSSR count). The number of H-pyrrole nitrogens is 2. The van der Waals surface area contributed by atoms with Gasteiger partial charge in [0.25, 0.3) is 0 Å². The number of aromatic amines is 2. The quantitative estimate of drug-likeness (QED) is 0.141. The van der Waals surface area contributed by atoms with Gasteiger partial charge in [-0.25, -0.2) is 24.7 Å². The minimum absolute atomic E-state index is 0.381. The van der Waals surface area contributed by atoms with Gasteiger partial charge in [0.1, 0.15) is 17.2 Å². The van der Waals surface area contributed by atoms with Crippen LogP contribution in [-0.4, -0.2) is 48.1 Å². The van der Waals surface area contributed by atoms with E-state index in [-0.39, 0.29) is 6.09 Å². The van der Waals surface area contributed by atoms with E-state index in [2.05, 4.69) is 78.8 Å². The van der Waals surface area contributed by atoms with E-state index >= 15 is 0 Å². The predicted molar refractivity (Wildman–Crippen MR) is 196 cm³/mol. The van der Waals surface area contributed by atoms with Gasteiger partial charge in [-0.15, -0.1) is 0 Å². The minimum Gasteiger partial charge on any atom is -0.444 e. The number of pyridine rings is 2. The molecule has 1 fully saturated rings. The zero-order valence-electron chi connectivity index (χ0n) is 29.4. The lowest BCUT2D eigenvalue weighted by molar-refractivity contribution is 0.0527.